The standard InChI is InChI=1S/C36H37F2N5O2S/c1-3-30-35(29-10-9-28(22(2)34(29)38)36-40-31(21-46-36)24-4-7-26(37)8-5-24)43-18-25(6-11-32(43)39-30)23-12-15-41(16-13-23)20-33(45)42-17-14-27(44)19-42/h4-11,18,21,23,27,44H,3,12-17,19-20H2,1-2H3/t27-/m1/s1. The van der Waals surface area contributed by atoms with Gasteiger partial charge in [0.15, 0.2) is 0 Å². The Hall–Kier alpha value is -3.99. The molecule has 7 rings (SSSR count). The number of thiazole rings is 1. The van der Waals surface area contributed by atoms with Gasteiger partial charge >= 0.3 is 0 Å². The molecule has 10 heteroatoms. The minimum Gasteiger partial charge on any atom is -0.391 e. The van der Waals surface area contributed by atoms with E-state index >= 15 is 4.39 Å². The van der Waals surface area contributed by atoms with Crippen LogP contribution < -0.4 is 0 Å². The zero-order valence-corrected chi connectivity index (χ0v) is 26.9. The van der Waals surface area contributed by atoms with Crippen molar-refractivity contribution < 1.29 is 18.7 Å². The topological polar surface area (TPSA) is 74.0 Å². The number of rotatable bonds is 7. The van der Waals surface area contributed by atoms with E-state index in [0.29, 0.717) is 54.5 Å². The highest BCUT2D eigenvalue weighted by Gasteiger charge is 2.28. The lowest BCUT2D eigenvalue weighted by molar-refractivity contribution is -0.132. The number of fused-ring (bicyclic) bond motifs is 1. The molecule has 0 aliphatic carbocycles. The average molecular weight is 642 g/mol. The molecule has 238 valence electrons. The number of halogens is 2. The molecule has 5 aromatic rings. The average Bonchev–Trinajstić information content (AvgIpc) is 3.81. The SMILES string of the molecule is CCc1nc2ccc(C3CCN(CC(=O)N4CC[C@@H](O)C4)CC3)cn2c1-c1ccc(-c2nc(-c3ccc(F)cc3)cs2)c(C)c1F. The van der Waals surface area contributed by atoms with Crippen molar-refractivity contribution in [2.75, 3.05) is 32.7 Å². The van der Waals surface area contributed by atoms with E-state index < -0.39 is 6.10 Å². The minimum atomic E-state index is -0.401. The summed E-state index contributed by atoms with van der Waals surface area (Å²) in [7, 11) is 0. The highest BCUT2D eigenvalue weighted by molar-refractivity contribution is 7.13. The Bertz CT molecular complexity index is 1890. The molecule has 2 fully saturated rings. The third-order valence-electron chi connectivity index (χ3n) is 9.50. The maximum Gasteiger partial charge on any atom is 0.236 e. The van der Waals surface area contributed by atoms with Crippen LogP contribution in [0.5, 0.6) is 0 Å². The maximum atomic E-state index is 16.3. The van der Waals surface area contributed by atoms with Gasteiger partial charge in [-0.2, -0.15) is 0 Å². The van der Waals surface area contributed by atoms with E-state index in [0.717, 1.165) is 59.8 Å². The Labute approximate surface area is 271 Å². The van der Waals surface area contributed by atoms with Crippen molar-refractivity contribution in [3.63, 3.8) is 0 Å². The van der Waals surface area contributed by atoms with E-state index in [1.54, 1.807) is 24.0 Å². The predicted molar refractivity (Wildman–Crippen MR) is 177 cm³/mol. The Morgan fingerprint density at radius 3 is 2.46 bits per heavy atom. The first-order chi connectivity index (χ1) is 22.3. The van der Waals surface area contributed by atoms with Crippen molar-refractivity contribution in [1.29, 1.82) is 0 Å². The van der Waals surface area contributed by atoms with Crippen LogP contribution in [0.1, 0.15) is 48.9 Å². The van der Waals surface area contributed by atoms with Crippen LogP contribution in [0, 0.1) is 18.6 Å². The van der Waals surface area contributed by atoms with Crippen LogP contribution in [0.2, 0.25) is 0 Å². The molecule has 1 N–H and O–H groups in total. The van der Waals surface area contributed by atoms with Crippen molar-refractivity contribution in [2.24, 2.45) is 0 Å². The summed E-state index contributed by atoms with van der Waals surface area (Å²) in [5.41, 5.74) is 6.91. The van der Waals surface area contributed by atoms with E-state index in [1.165, 1.54) is 29.0 Å². The Morgan fingerprint density at radius 1 is 0.978 bits per heavy atom. The second-order valence-electron chi connectivity index (χ2n) is 12.4. The molecule has 3 aromatic heterocycles. The molecule has 5 heterocycles. The summed E-state index contributed by atoms with van der Waals surface area (Å²) in [6, 6.07) is 14.1. The summed E-state index contributed by atoms with van der Waals surface area (Å²) in [6.07, 6.45) is 4.91. The molecule has 0 radical (unpaired) electrons. The van der Waals surface area contributed by atoms with Gasteiger partial charge in [-0.1, -0.05) is 19.1 Å². The Balaban J connectivity index is 1.13. The van der Waals surface area contributed by atoms with E-state index in [-0.39, 0.29) is 17.5 Å². The molecule has 2 aromatic carbocycles. The first-order valence-electron chi connectivity index (χ1n) is 16.0. The molecule has 7 nitrogen and oxygen atoms in total. The number of hydrogen-bond donors (Lipinski definition) is 1. The number of aliphatic hydroxyl groups excluding tert-OH is 1. The zero-order chi connectivity index (χ0) is 31.9. The van der Waals surface area contributed by atoms with Crippen LogP contribution in [0.4, 0.5) is 8.78 Å². The van der Waals surface area contributed by atoms with Crippen LogP contribution in [-0.4, -0.2) is 74.0 Å². The van der Waals surface area contributed by atoms with Crippen molar-refractivity contribution >= 4 is 22.9 Å². The summed E-state index contributed by atoms with van der Waals surface area (Å²) < 4.78 is 31.8. The lowest BCUT2D eigenvalue weighted by atomic mass is 9.90. The van der Waals surface area contributed by atoms with E-state index in [9.17, 15) is 14.3 Å². The molecular formula is C36H37F2N5O2S. The lowest BCUT2D eigenvalue weighted by Gasteiger charge is -2.32. The molecule has 1 amide bonds. The van der Waals surface area contributed by atoms with Gasteiger partial charge in [0.25, 0.3) is 0 Å². The number of imidazole rings is 1. The van der Waals surface area contributed by atoms with Crippen molar-refractivity contribution in [1.82, 2.24) is 24.2 Å². The van der Waals surface area contributed by atoms with Gasteiger partial charge in [0.2, 0.25) is 5.91 Å². The number of hydrogen-bond acceptors (Lipinski definition) is 6. The summed E-state index contributed by atoms with van der Waals surface area (Å²) in [4.78, 5) is 26.3. The van der Waals surface area contributed by atoms with Crippen molar-refractivity contribution in [2.45, 2.75) is 51.6 Å². The fraction of sp³-hybridized carbons (Fsp3) is 0.361. The van der Waals surface area contributed by atoms with E-state index in [4.69, 9.17) is 9.97 Å². The van der Waals surface area contributed by atoms with Gasteiger partial charge in [0.1, 0.15) is 22.3 Å². The number of nitrogens with zero attached hydrogens (tertiary/aromatic N) is 5. The zero-order valence-electron chi connectivity index (χ0n) is 26.0. The first-order valence-corrected chi connectivity index (χ1v) is 16.9. The Kier molecular flexibility index (Phi) is 8.44. The predicted octanol–water partition coefficient (Wildman–Crippen LogP) is 6.71. The van der Waals surface area contributed by atoms with Crippen molar-refractivity contribution in [3.05, 3.63) is 88.6 Å². The van der Waals surface area contributed by atoms with Gasteiger partial charge in [-0.15, -0.1) is 11.3 Å². The number of likely N-dealkylation sites (tertiary alicyclic amines) is 2. The summed E-state index contributed by atoms with van der Waals surface area (Å²) >= 11 is 1.44. The first kappa shape index (κ1) is 30.7. The number of carbonyl (C=O) groups is 1. The minimum absolute atomic E-state index is 0.0955. The number of aromatic nitrogens is 3. The summed E-state index contributed by atoms with van der Waals surface area (Å²) in [5, 5.41) is 12.4. The molecule has 0 spiro atoms. The number of benzene rings is 2. The fourth-order valence-electron chi connectivity index (χ4n) is 6.82. The van der Waals surface area contributed by atoms with Gasteiger partial charge in [-0.05, 0) is 99.1 Å². The molecule has 46 heavy (non-hydrogen) atoms. The normalized spacial score (nSPS) is 17.8. The molecule has 2 saturated heterocycles. The van der Waals surface area contributed by atoms with Crippen LogP contribution in [0.25, 0.3) is 38.7 Å². The molecule has 2 aliphatic rings. The molecule has 0 unspecified atom stereocenters. The highest BCUT2D eigenvalue weighted by atomic mass is 32.1. The van der Waals surface area contributed by atoms with Gasteiger partial charge in [0.05, 0.1) is 29.7 Å². The third kappa shape index (κ3) is 5.85. The van der Waals surface area contributed by atoms with Crippen LogP contribution >= 0.6 is 11.3 Å². The number of amides is 1. The molecule has 2 aliphatic heterocycles. The Morgan fingerprint density at radius 2 is 1.74 bits per heavy atom. The number of β-amino-alcohol motifs (C(OH)–C–C–N with tert-alkyl or cyclic N) is 1. The lowest BCUT2D eigenvalue weighted by Crippen LogP contribution is -2.42. The number of piperidine rings is 1. The number of carbonyl (C=O) groups excluding carboxylic acids is 1. The second kappa shape index (κ2) is 12.7. The van der Waals surface area contributed by atoms with Crippen LogP contribution in [-0.2, 0) is 11.2 Å². The number of aliphatic hydroxyl groups is 1. The molecule has 0 bridgehead atoms. The van der Waals surface area contributed by atoms with Crippen LogP contribution in [0.15, 0.2) is 60.1 Å². The van der Waals surface area contributed by atoms with Gasteiger partial charge in [0, 0.05) is 41.4 Å². The highest BCUT2D eigenvalue weighted by Crippen LogP contribution is 2.37. The third-order valence-corrected chi connectivity index (χ3v) is 10.4. The molecular weight excluding hydrogens is 604 g/mol. The quantitative estimate of drug-likeness (QED) is 0.214. The van der Waals surface area contributed by atoms with Gasteiger partial charge in [-0.3, -0.25) is 14.1 Å². The smallest absolute Gasteiger partial charge is 0.236 e. The fourth-order valence-corrected chi connectivity index (χ4v) is 7.73. The number of pyridine rings is 1. The maximum absolute atomic E-state index is 16.3. The van der Waals surface area contributed by atoms with Crippen molar-refractivity contribution in [3.8, 4) is 33.1 Å². The second-order valence-corrected chi connectivity index (χ2v) is 13.3. The van der Waals surface area contributed by atoms with E-state index in [2.05, 4.69) is 17.2 Å². The van der Waals surface area contributed by atoms with E-state index in [1.807, 2.05) is 34.9 Å². The summed E-state index contributed by atoms with van der Waals surface area (Å²) in [6.45, 7) is 6.96. The summed E-state index contributed by atoms with van der Waals surface area (Å²) in [5.74, 6) is -0.161. The largest absolute Gasteiger partial charge is 0.391 e. The van der Waals surface area contributed by atoms with Gasteiger partial charge in [-0.25, -0.2) is 18.7 Å². The molecule has 1 atom stereocenters. The number of aryl methyl sites for hydroxylation is 1. The van der Waals surface area contributed by atoms with Crippen LogP contribution in [0.3, 0.4) is 0 Å². The molecule has 0 saturated carbocycles. The monoisotopic (exact) mass is 641 g/mol. The van der Waals surface area contributed by atoms with Gasteiger partial charge < -0.3 is 10.0 Å².